The largest absolute Gasteiger partial charge is 0.345 e. The number of halogens is 1. The van der Waals surface area contributed by atoms with E-state index < -0.39 is 17.7 Å². The third-order valence-corrected chi connectivity index (χ3v) is 5.45. The van der Waals surface area contributed by atoms with Crippen molar-refractivity contribution < 1.29 is 14.4 Å². The second-order valence-electron chi connectivity index (χ2n) is 6.33. The number of rotatable bonds is 3. The van der Waals surface area contributed by atoms with Gasteiger partial charge in [-0.05, 0) is 37.1 Å². The van der Waals surface area contributed by atoms with E-state index in [1.807, 2.05) is 12.1 Å². The zero-order valence-electron chi connectivity index (χ0n) is 14.5. The van der Waals surface area contributed by atoms with E-state index in [-0.39, 0.29) is 6.04 Å². The summed E-state index contributed by atoms with van der Waals surface area (Å²) < 4.78 is 0.616. The Kier molecular flexibility index (Phi) is 4.97. The normalized spacial score (nSPS) is 13.2. The Bertz CT molecular complexity index is 1090. The monoisotopic (exact) mass is 414 g/mol. The van der Waals surface area contributed by atoms with Gasteiger partial charge in [0.25, 0.3) is 5.91 Å². The lowest BCUT2D eigenvalue weighted by Crippen LogP contribution is -2.49. The number of carbonyl (C=O) groups excluding carboxylic acids is 3. The number of fused-ring (bicyclic) bond motifs is 1. The molecule has 1 aromatic carbocycles. The number of amides is 3. The Balaban J connectivity index is 1.58. The number of para-hydroxylation sites is 1. The van der Waals surface area contributed by atoms with Gasteiger partial charge in [0.1, 0.15) is 0 Å². The third kappa shape index (κ3) is 3.97. The average molecular weight is 415 g/mol. The Hall–Kier alpha value is -2.97. The number of thiophene rings is 1. The molecule has 1 aliphatic rings. The second kappa shape index (κ2) is 7.57. The number of hydrogen-bond acceptors (Lipinski definition) is 5. The zero-order valence-corrected chi connectivity index (χ0v) is 16.1. The van der Waals surface area contributed by atoms with Gasteiger partial charge < -0.3 is 5.32 Å². The summed E-state index contributed by atoms with van der Waals surface area (Å²) in [4.78, 5) is 41.6. The summed E-state index contributed by atoms with van der Waals surface area (Å²) >= 11 is 7.36. The lowest BCUT2D eigenvalue weighted by atomic mass is 10.1. The van der Waals surface area contributed by atoms with E-state index in [9.17, 15) is 14.4 Å². The summed E-state index contributed by atoms with van der Waals surface area (Å²) in [6.07, 6.45) is 1.73. The Morgan fingerprint density at radius 3 is 2.54 bits per heavy atom. The maximum atomic E-state index is 12.7. The van der Waals surface area contributed by atoms with Crippen LogP contribution in [0.5, 0.6) is 0 Å². The SMILES string of the molecule is O=C(NNC(=O)c1cc(-c2ccc(Cl)s2)nc2ccccc12)C(=O)NC1CC1. The Labute approximate surface area is 169 Å². The number of pyridine rings is 1. The summed E-state index contributed by atoms with van der Waals surface area (Å²) in [6.45, 7) is 0. The first-order valence-corrected chi connectivity index (χ1v) is 9.77. The van der Waals surface area contributed by atoms with E-state index in [4.69, 9.17) is 11.6 Å². The number of nitrogens with one attached hydrogen (secondary N) is 3. The van der Waals surface area contributed by atoms with Gasteiger partial charge in [-0.2, -0.15) is 0 Å². The molecule has 1 saturated carbocycles. The Morgan fingerprint density at radius 1 is 1.04 bits per heavy atom. The minimum Gasteiger partial charge on any atom is -0.345 e. The topological polar surface area (TPSA) is 100 Å². The summed E-state index contributed by atoms with van der Waals surface area (Å²) in [5.74, 6) is -2.23. The summed E-state index contributed by atoms with van der Waals surface area (Å²) in [5, 5.41) is 3.18. The fraction of sp³-hybridized carbons (Fsp3) is 0.158. The van der Waals surface area contributed by atoms with E-state index in [1.54, 1.807) is 30.3 Å². The fourth-order valence-corrected chi connectivity index (χ4v) is 3.66. The number of benzene rings is 1. The molecule has 3 N–H and O–H groups in total. The van der Waals surface area contributed by atoms with Gasteiger partial charge in [-0.15, -0.1) is 11.3 Å². The van der Waals surface area contributed by atoms with E-state index in [1.165, 1.54) is 11.3 Å². The summed E-state index contributed by atoms with van der Waals surface area (Å²) in [5.41, 5.74) is 6.01. The van der Waals surface area contributed by atoms with Gasteiger partial charge in [-0.1, -0.05) is 29.8 Å². The maximum absolute atomic E-state index is 12.7. The van der Waals surface area contributed by atoms with Crippen molar-refractivity contribution in [2.45, 2.75) is 18.9 Å². The van der Waals surface area contributed by atoms with Crippen molar-refractivity contribution in [1.82, 2.24) is 21.2 Å². The van der Waals surface area contributed by atoms with Crippen LogP contribution in [0.15, 0.2) is 42.5 Å². The second-order valence-corrected chi connectivity index (χ2v) is 8.05. The molecule has 1 fully saturated rings. The number of aromatic nitrogens is 1. The zero-order chi connectivity index (χ0) is 19.7. The van der Waals surface area contributed by atoms with E-state index in [0.29, 0.717) is 26.5 Å². The molecule has 7 nitrogen and oxygen atoms in total. The molecule has 0 spiro atoms. The number of hydrogen-bond donors (Lipinski definition) is 3. The van der Waals surface area contributed by atoms with Crippen molar-refractivity contribution in [3.05, 3.63) is 52.4 Å². The van der Waals surface area contributed by atoms with E-state index in [2.05, 4.69) is 21.2 Å². The first-order valence-electron chi connectivity index (χ1n) is 8.58. The fourth-order valence-electron chi connectivity index (χ4n) is 2.66. The molecule has 0 radical (unpaired) electrons. The van der Waals surface area contributed by atoms with E-state index in [0.717, 1.165) is 17.7 Å². The molecule has 0 aliphatic heterocycles. The molecule has 3 aromatic rings. The molecule has 3 amide bonds. The van der Waals surface area contributed by atoms with Gasteiger partial charge in [0.2, 0.25) is 0 Å². The summed E-state index contributed by atoms with van der Waals surface area (Å²) in [7, 11) is 0. The predicted octanol–water partition coefficient (Wildman–Crippen LogP) is 2.66. The van der Waals surface area contributed by atoms with Gasteiger partial charge >= 0.3 is 11.8 Å². The predicted molar refractivity (Wildman–Crippen MR) is 107 cm³/mol. The van der Waals surface area contributed by atoms with Gasteiger partial charge in [0.15, 0.2) is 0 Å². The van der Waals surface area contributed by atoms with Crippen molar-refractivity contribution in [3.8, 4) is 10.6 Å². The van der Waals surface area contributed by atoms with Crippen LogP contribution in [-0.4, -0.2) is 28.7 Å². The van der Waals surface area contributed by atoms with Crippen molar-refractivity contribution in [3.63, 3.8) is 0 Å². The highest BCUT2D eigenvalue weighted by Crippen LogP contribution is 2.32. The molecule has 2 aromatic heterocycles. The maximum Gasteiger partial charge on any atom is 0.327 e. The van der Waals surface area contributed by atoms with Crippen LogP contribution in [0.25, 0.3) is 21.5 Å². The molecule has 0 saturated heterocycles. The van der Waals surface area contributed by atoms with Crippen molar-refractivity contribution in [2.75, 3.05) is 0 Å². The average Bonchev–Trinajstić information content (AvgIpc) is 3.41. The number of nitrogens with zero attached hydrogens (tertiary/aromatic N) is 1. The highest BCUT2D eigenvalue weighted by atomic mass is 35.5. The van der Waals surface area contributed by atoms with Gasteiger partial charge in [-0.25, -0.2) is 4.98 Å². The van der Waals surface area contributed by atoms with Crippen LogP contribution >= 0.6 is 22.9 Å². The Morgan fingerprint density at radius 2 is 1.82 bits per heavy atom. The molecule has 4 rings (SSSR count). The van der Waals surface area contributed by atoms with Crippen LogP contribution in [-0.2, 0) is 9.59 Å². The molecule has 142 valence electrons. The lowest BCUT2D eigenvalue weighted by molar-refractivity contribution is -0.139. The van der Waals surface area contributed by atoms with Crippen molar-refractivity contribution >= 4 is 51.6 Å². The molecular formula is C19H15ClN4O3S. The summed E-state index contributed by atoms with van der Waals surface area (Å²) in [6, 6.07) is 12.5. The molecule has 0 unspecified atom stereocenters. The van der Waals surface area contributed by atoms with Crippen LogP contribution < -0.4 is 16.2 Å². The third-order valence-electron chi connectivity index (χ3n) is 4.19. The smallest absolute Gasteiger partial charge is 0.327 e. The van der Waals surface area contributed by atoms with Gasteiger partial charge in [0, 0.05) is 11.4 Å². The van der Waals surface area contributed by atoms with Crippen LogP contribution in [0.3, 0.4) is 0 Å². The minimum atomic E-state index is -0.913. The standard InChI is InChI=1S/C19H15ClN4O3S/c20-16-8-7-15(28-16)14-9-12(11-3-1-2-4-13(11)22-14)17(25)23-24-19(27)18(26)21-10-5-6-10/h1-4,7-10H,5-6H2,(H,21,26)(H,23,25)(H,24,27). The molecule has 0 atom stereocenters. The molecule has 9 heteroatoms. The number of carbonyl (C=O) groups is 3. The molecule has 1 aliphatic carbocycles. The van der Waals surface area contributed by atoms with Crippen LogP contribution in [0, 0.1) is 0 Å². The highest BCUT2D eigenvalue weighted by molar-refractivity contribution is 7.19. The van der Waals surface area contributed by atoms with Crippen LogP contribution in [0.4, 0.5) is 0 Å². The number of hydrazine groups is 1. The van der Waals surface area contributed by atoms with Crippen LogP contribution in [0.2, 0.25) is 4.34 Å². The first kappa shape index (κ1) is 18.4. The molecule has 0 bridgehead atoms. The molecule has 2 heterocycles. The van der Waals surface area contributed by atoms with Gasteiger partial charge in [-0.3, -0.25) is 25.2 Å². The van der Waals surface area contributed by atoms with E-state index >= 15 is 0 Å². The molecule has 28 heavy (non-hydrogen) atoms. The highest BCUT2D eigenvalue weighted by Gasteiger charge is 2.26. The quantitative estimate of drug-likeness (QED) is 0.453. The minimum absolute atomic E-state index is 0.0540. The molecular weight excluding hydrogens is 400 g/mol. The lowest BCUT2D eigenvalue weighted by Gasteiger charge is -2.11. The first-order chi connectivity index (χ1) is 13.5. The van der Waals surface area contributed by atoms with Crippen LogP contribution in [0.1, 0.15) is 23.2 Å². The van der Waals surface area contributed by atoms with Gasteiger partial charge in [0.05, 0.1) is 26.0 Å². The van der Waals surface area contributed by atoms with Crippen molar-refractivity contribution in [1.29, 1.82) is 0 Å². The van der Waals surface area contributed by atoms with Crippen molar-refractivity contribution in [2.24, 2.45) is 0 Å².